The summed E-state index contributed by atoms with van der Waals surface area (Å²) in [4.78, 5) is 29.5. The molecule has 0 saturated heterocycles. The zero-order chi connectivity index (χ0) is 28.5. The van der Waals surface area contributed by atoms with Crippen LogP contribution in [0.4, 0.5) is 0 Å². The summed E-state index contributed by atoms with van der Waals surface area (Å²) in [5.74, 6) is 0.779. The molecule has 4 aromatic carbocycles. The molecule has 1 unspecified atom stereocenters. The zero-order valence-electron chi connectivity index (χ0n) is 22.7. The molecule has 1 aliphatic heterocycles. The molecule has 206 valence electrons. The average Bonchev–Trinajstić information content (AvgIpc) is 3.26. The van der Waals surface area contributed by atoms with E-state index in [4.69, 9.17) is 25.5 Å². The molecule has 0 saturated carbocycles. The second kappa shape index (κ2) is 11.1. The first kappa shape index (κ1) is 26.7. The Hall–Kier alpha value is -4.55. The van der Waals surface area contributed by atoms with E-state index >= 15 is 0 Å². The van der Waals surface area contributed by atoms with E-state index in [2.05, 4.69) is 0 Å². The Morgan fingerprint density at radius 3 is 2.44 bits per heavy atom. The first-order chi connectivity index (χ1) is 19.9. The van der Waals surface area contributed by atoms with Gasteiger partial charge in [0.15, 0.2) is 16.9 Å². The molecule has 5 aromatic rings. The fourth-order valence-corrected chi connectivity index (χ4v) is 5.47. The van der Waals surface area contributed by atoms with E-state index in [0.717, 1.165) is 16.7 Å². The summed E-state index contributed by atoms with van der Waals surface area (Å²) in [5, 5.41) is 0.976. The van der Waals surface area contributed by atoms with E-state index in [1.807, 2.05) is 86.6 Å². The lowest BCUT2D eigenvalue weighted by Crippen LogP contribution is -2.29. The molecule has 0 fully saturated rings. The highest BCUT2D eigenvalue weighted by Gasteiger charge is 2.43. The summed E-state index contributed by atoms with van der Waals surface area (Å²) in [5.41, 5.74) is 3.88. The van der Waals surface area contributed by atoms with Gasteiger partial charge in [-0.1, -0.05) is 77.8 Å². The van der Waals surface area contributed by atoms with Crippen molar-refractivity contribution in [3.8, 4) is 11.5 Å². The van der Waals surface area contributed by atoms with E-state index in [0.29, 0.717) is 51.8 Å². The number of rotatable bonds is 8. The van der Waals surface area contributed by atoms with Crippen LogP contribution < -0.4 is 14.9 Å². The second-order valence-corrected chi connectivity index (χ2v) is 10.4. The van der Waals surface area contributed by atoms with E-state index in [-0.39, 0.29) is 23.6 Å². The fourth-order valence-electron chi connectivity index (χ4n) is 5.27. The molecular weight excluding hydrogens is 538 g/mol. The summed E-state index contributed by atoms with van der Waals surface area (Å²) in [7, 11) is 0. The molecule has 2 heterocycles. The van der Waals surface area contributed by atoms with Gasteiger partial charge in [0.1, 0.15) is 12.2 Å². The van der Waals surface area contributed by atoms with Crippen LogP contribution in [0.25, 0.3) is 11.0 Å². The summed E-state index contributed by atoms with van der Waals surface area (Å²) < 4.78 is 18.2. The summed E-state index contributed by atoms with van der Waals surface area (Å²) in [6.45, 7) is 4.80. The van der Waals surface area contributed by atoms with Gasteiger partial charge in [-0.15, -0.1) is 0 Å². The van der Waals surface area contributed by atoms with Crippen LogP contribution in [-0.2, 0) is 13.2 Å². The predicted molar refractivity (Wildman–Crippen MR) is 159 cm³/mol. The van der Waals surface area contributed by atoms with Crippen LogP contribution in [0.15, 0.2) is 100 Å². The molecule has 0 radical (unpaired) electrons. The Labute approximate surface area is 242 Å². The molecule has 1 aromatic heterocycles. The molecule has 0 aliphatic carbocycles. The predicted octanol–water partition coefficient (Wildman–Crippen LogP) is 7.48. The summed E-state index contributed by atoms with van der Waals surface area (Å²) in [6, 6.07) is 27.5. The smallest absolute Gasteiger partial charge is 0.291 e. The van der Waals surface area contributed by atoms with Gasteiger partial charge in [0, 0.05) is 11.6 Å². The molecular formula is C34H28ClNO5. The van der Waals surface area contributed by atoms with Crippen molar-refractivity contribution in [2.45, 2.75) is 33.0 Å². The highest BCUT2D eigenvalue weighted by molar-refractivity contribution is 6.31. The minimum atomic E-state index is -0.711. The van der Waals surface area contributed by atoms with Gasteiger partial charge in [0.25, 0.3) is 5.91 Å². The molecule has 41 heavy (non-hydrogen) atoms. The lowest BCUT2D eigenvalue weighted by Gasteiger charge is -2.26. The maximum Gasteiger partial charge on any atom is 0.291 e. The summed E-state index contributed by atoms with van der Waals surface area (Å²) >= 11 is 6.50. The third-order valence-electron chi connectivity index (χ3n) is 7.24. The Bertz CT molecular complexity index is 1810. The van der Waals surface area contributed by atoms with Gasteiger partial charge in [0.2, 0.25) is 5.76 Å². The molecule has 0 bridgehead atoms. The van der Waals surface area contributed by atoms with Gasteiger partial charge in [0.05, 0.1) is 23.6 Å². The first-order valence-electron chi connectivity index (χ1n) is 13.5. The molecule has 7 heteroatoms. The molecule has 1 aliphatic rings. The number of fused-ring (bicyclic) bond motifs is 2. The van der Waals surface area contributed by atoms with E-state index in [1.165, 1.54) is 0 Å². The van der Waals surface area contributed by atoms with Crippen LogP contribution in [0.3, 0.4) is 0 Å². The zero-order valence-corrected chi connectivity index (χ0v) is 23.5. The minimum Gasteiger partial charge on any atom is -0.490 e. The number of aryl methyl sites for hydroxylation is 1. The van der Waals surface area contributed by atoms with Crippen molar-refractivity contribution in [2.24, 2.45) is 0 Å². The van der Waals surface area contributed by atoms with Gasteiger partial charge in [-0.05, 0) is 60.9 Å². The third-order valence-corrected chi connectivity index (χ3v) is 7.61. The highest BCUT2D eigenvalue weighted by Crippen LogP contribution is 2.42. The van der Waals surface area contributed by atoms with Crippen LogP contribution in [0, 0.1) is 6.92 Å². The number of nitrogens with zero attached hydrogens (tertiary/aromatic N) is 1. The number of hydrogen-bond donors (Lipinski definition) is 0. The van der Waals surface area contributed by atoms with Crippen LogP contribution in [-0.4, -0.2) is 17.4 Å². The topological polar surface area (TPSA) is 69.0 Å². The molecule has 6 rings (SSSR count). The summed E-state index contributed by atoms with van der Waals surface area (Å²) in [6.07, 6.45) is 0. The second-order valence-electron chi connectivity index (χ2n) is 10.0. The fraction of sp³-hybridized carbons (Fsp3) is 0.176. The standard InChI is InChI=1S/C34H28ClNO5/c1-3-39-29-18-23(14-16-28(29)40-20-22-9-5-4-6-10-22)31-30-32(37)25-17-21(2)13-15-27(25)41-33(30)34(38)36(31)19-24-11-7-8-12-26(24)35/h4-18,31H,3,19-20H2,1-2H3. The Morgan fingerprint density at radius 1 is 0.878 bits per heavy atom. The van der Waals surface area contributed by atoms with Crippen LogP contribution in [0.1, 0.15) is 51.3 Å². The van der Waals surface area contributed by atoms with Crippen LogP contribution >= 0.6 is 11.6 Å². The van der Waals surface area contributed by atoms with Crippen molar-refractivity contribution in [3.05, 3.63) is 140 Å². The number of halogens is 1. The maximum atomic E-state index is 14.0. The van der Waals surface area contributed by atoms with Crippen molar-refractivity contribution < 1.29 is 18.7 Å². The monoisotopic (exact) mass is 565 g/mol. The third kappa shape index (κ3) is 5.07. The average molecular weight is 566 g/mol. The van der Waals surface area contributed by atoms with Gasteiger partial charge < -0.3 is 18.8 Å². The van der Waals surface area contributed by atoms with Gasteiger partial charge in [-0.2, -0.15) is 0 Å². The molecule has 0 N–H and O–H groups in total. The van der Waals surface area contributed by atoms with Crippen LogP contribution in [0.5, 0.6) is 11.5 Å². The number of hydrogen-bond acceptors (Lipinski definition) is 5. The number of ether oxygens (including phenoxy) is 2. The largest absolute Gasteiger partial charge is 0.490 e. The van der Waals surface area contributed by atoms with Crippen molar-refractivity contribution in [3.63, 3.8) is 0 Å². The Morgan fingerprint density at radius 2 is 1.66 bits per heavy atom. The number of carbonyl (C=O) groups is 1. The van der Waals surface area contributed by atoms with Gasteiger partial charge >= 0.3 is 0 Å². The normalized spacial score (nSPS) is 14.4. The van der Waals surface area contributed by atoms with Crippen molar-refractivity contribution >= 4 is 28.5 Å². The molecule has 1 amide bonds. The number of amides is 1. The first-order valence-corrected chi connectivity index (χ1v) is 13.9. The Balaban J connectivity index is 1.47. The van der Waals surface area contributed by atoms with Crippen molar-refractivity contribution in [1.82, 2.24) is 4.90 Å². The molecule has 6 nitrogen and oxygen atoms in total. The molecule has 1 atom stereocenters. The number of benzene rings is 4. The van der Waals surface area contributed by atoms with Crippen molar-refractivity contribution in [2.75, 3.05) is 6.61 Å². The van der Waals surface area contributed by atoms with E-state index in [9.17, 15) is 9.59 Å². The Kier molecular flexibility index (Phi) is 7.25. The number of carbonyl (C=O) groups excluding carboxylic acids is 1. The van der Waals surface area contributed by atoms with E-state index in [1.54, 1.807) is 23.1 Å². The molecule has 0 spiro atoms. The van der Waals surface area contributed by atoms with Gasteiger partial charge in [-0.3, -0.25) is 9.59 Å². The minimum absolute atomic E-state index is 0.0470. The SMILES string of the molecule is CCOc1cc(C2c3c(oc4ccc(C)cc4c3=O)C(=O)N2Cc2ccccc2Cl)ccc1OCc1ccccc1. The quantitative estimate of drug-likeness (QED) is 0.195. The lowest BCUT2D eigenvalue weighted by atomic mass is 9.97. The maximum absolute atomic E-state index is 14.0. The lowest BCUT2D eigenvalue weighted by molar-refractivity contribution is 0.0714. The highest BCUT2D eigenvalue weighted by atomic mass is 35.5. The van der Waals surface area contributed by atoms with E-state index < -0.39 is 6.04 Å². The van der Waals surface area contributed by atoms with Crippen molar-refractivity contribution in [1.29, 1.82) is 0 Å². The van der Waals surface area contributed by atoms with Gasteiger partial charge in [-0.25, -0.2) is 0 Å². The van der Waals surface area contributed by atoms with Crippen LogP contribution in [0.2, 0.25) is 5.02 Å².